The highest BCUT2D eigenvalue weighted by molar-refractivity contribution is 8.02. The van der Waals surface area contributed by atoms with Crippen LogP contribution < -0.4 is 9.04 Å². The van der Waals surface area contributed by atoms with Crippen molar-refractivity contribution in [3.05, 3.63) is 57.9 Å². The largest absolute Gasteiger partial charge is 0.485 e. The Hall–Kier alpha value is -2.72. The zero-order valence-electron chi connectivity index (χ0n) is 17.7. The van der Waals surface area contributed by atoms with Crippen LogP contribution in [0.4, 0.5) is 10.1 Å². The number of thiazole rings is 1. The summed E-state index contributed by atoms with van der Waals surface area (Å²) in [5.74, 6) is -0.493. The first-order valence-corrected chi connectivity index (χ1v) is 11.9. The van der Waals surface area contributed by atoms with Crippen LogP contribution in [0.5, 0.6) is 5.75 Å². The molecule has 0 saturated carbocycles. The van der Waals surface area contributed by atoms with E-state index in [9.17, 15) is 9.18 Å². The van der Waals surface area contributed by atoms with Crippen LogP contribution >= 0.6 is 23.3 Å². The lowest BCUT2D eigenvalue weighted by atomic mass is 10.1. The van der Waals surface area contributed by atoms with Gasteiger partial charge in [0.1, 0.15) is 24.2 Å². The molecule has 168 valence electrons. The van der Waals surface area contributed by atoms with Gasteiger partial charge in [-0.05, 0) is 68.5 Å². The van der Waals surface area contributed by atoms with Crippen molar-refractivity contribution in [3.63, 3.8) is 0 Å². The zero-order valence-corrected chi connectivity index (χ0v) is 19.4. The Labute approximate surface area is 193 Å². The second-order valence-electron chi connectivity index (χ2n) is 7.63. The van der Waals surface area contributed by atoms with E-state index in [1.807, 2.05) is 22.7 Å². The smallest absolute Gasteiger partial charge is 0.356 e. The molecule has 2 aromatic heterocycles. The van der Waals surface area contributed by atoms with E-state index in [0.717, 1.165) is 35.0 Å². The molecule has 2 heterocycles. The monoisotopic (exact) mass is 474 g/mol. The van der Waals surface area contributed by atoms with Gasteiger partial charge in [0.15, 0.2) is 10.0 Å². The first-order valence-electron chi connectivity index (χ1n) is 10.2. The summed E-state index contributed by atoms with van der Waals surface area (Å²) in [5, 5.41) is 18.6. The van der Waals surface area contributed by atoms with Gasteiger partial charge in [0.25, 0.3) is 0 Å². The van der Waals surface area contributed by atoms with E-state index in [0.29, 0.717) is 11.4 Å². The average molecular weight is 475 g/mol. The molecule has 1 N–H and O–H groups in total. The van der Waals surface area contributed by atoms with Gasteiger partial charge in [0, 0.05) is 23.0 Å². The zero-order chi connectivity index (χ0) is 22.7. The maximum Gasteiger partial charge on any atom is 0.356 e. The van der Waals surface area contributed by atoms with E-state index in [1.165, 1.54) is 47.4 Å². The van der Waals surface area contributed by atoms with Gasteiger partial charge >= 0.3 is 5.97 Å². The van der Waals surface area contributed by atoms with Crippen molar-refractivity contribution in [2.24, 2.45) is 0 Å². The van der Waals surface area contributed by atoms with E-state index in [2.05, 4.69) is 21.2 Å². The van der Waals surface area contributed by atoms with Crippen LogP contribution in [-0.4, -0.2) is 39.0 Å². The van der Waals surface area contributed by atoms with Crippen LogP contribution in [0, 0.1) is 6.92 Å². The number of carbonyl (C=O) groups is 1. The molecule has 3 aromatic rings. The standard InChI is InChI=1S/C22H23FN4O3S2/c1-13(23)10-27(32-22-24-14(2)12-31-22)19-8-15-4-3-5-16(15)9-20(19)30-11-17-6-7-18(21(28)29)26-25-17/h6-9,12-13H,3-5,10-11H2,1-2H3,(H,28,29). The summed E-state index contributed by atoms with van der Waals surface area (Å²) in [4.78, 5) is 15.5. The number of anilines is 1. The van der Waals surface area contributed by atoms with Gasteiger partial charge in [-0.15, -0.1) is 16.4 Å². The third-order valence-corrected chi connectivity index (χ3v) is 7.04. The van der Waals surface area contributed by atoms with Crippen LogP contribution in [0.3, 0.4) is 0 Å². The molecule has 1 unspecified atom stereocenters. The van der Waals surface area contributed by atoms with Crippen LogP contribution in [-0.2, 0) is 19.4 Å². The highest BCUT2D eigenvalue weighted by Gasteiger charge is 2.23. The normalized spacial score (nSPS) is 13.6. The Kier molecular flexibility index (Phi) is 6.90. The van der Waals surface area contributed by atoms with E-state index < -0.39 is 12.1 Å². The number of nitrogens with zero attached hydrogens (tertiary/aromatic N) is 4. The molecule has 32 heavy (non-hydrogen) atoms. The number of aromatic carboxylic acids is 1. The molecule has 1 aromatic carbocycles. The Morgan fingerprint density at radius 1 is 1.31 bits per heavy atom. The summed E-state index contributed by atoms with van der Waals surface area (Å²) >= 11 is 2.93. The Balaban J connectivity index is 1.62. The molecular weight excluding hydrogens is 451 g/mol. The van der Waals surface area contributed by atoms with Gasteiger partial charge in [-0.3, -0.25) is 0 Å². The molecule has 7 nitrogen and oxygen atoms in total. The minimum Gasteiger partial charge on any atom is -0.485 e. The van der Waals surface area contributed by atoms with Gasteiger partial charge in [0.05, 0.1) is 12.2 Å². The molecular formula is C22H23FN4O3S2. The second kappa shape index (κ2) is 9.83. The number of hydrogen-bond acceptors (Lipinski definition) is 8. The number of ether oxygens (including phenoxy) is 1. The minimum atomic E-state index is -1.13. The maximum absolute atomic E-state index is 14.1. The molecule has 10 heteroatoms. The van der Waals surface area contributed by atoms with E-state index >= 15 is 0 Å². The van der Waals surface area contributed by atoms with Crippen molar-refractivity contribution in [1.82, 2.24) is 15.2 Å². The molecule has 0 saturated heterocycles. The Morgan fingerprint density at radius 3 is 2.72 bits per heavy atom. The fraction of sp³-hybridized carbons (Fsp3) is 0.364. The van der Waals surface area contributed by atoms with Crippen LogP contribution in [0.2, 0.25) is 0 Å². The maximum atomic E-state index is 14.1. The number of aryl methyl sites for hydroxylation is 3. The number of halogens is 1. The number of hydrogen-bond donors (Lipinski definition) is 1. The number of carboxylic acid groups (broad SMARTS) is 1. The van der Waals surface area contributed by atoms with Gasteiger partial charge < -0.3 is 14.1 Å². The van der Waals surface area contributed by atoms with Gasteiger partial charge in [-0.1, -0.05) is 0 Å². The van der Waals surface area contributed by atoms with Gasteiger partial charge in [-0.25, -0.2) is 14.2 Å². The van der Waals surface area contributed by atoms with Gasteiger partial charge in [0.2, 0.25) is 0 Å². The van der Waals surface area contributed by atoms with Gasteiger partial charge in [-0.2, -0.15) is 5.10 Å². The minimum absolute atomic E-state index is 0.120. The van der Waals surface area contributed by atoms with Crippen LogP contribution in [0.15, 0.2) is 34.0 Å². The number of benzene rings is 1. The third-order valence-electron chi connectivity index (χ3n) is 4.96. The molecule has 4 rings (SSSR count). The highest BCUT2D eigenvalue weighted by Crippen LogP contribution is 2.41. The number of aromatic nitrogens is 3. The summed E-state index contributed by atoms with van der Waals surface area (Å²) in [6.07, 6.45) is 2.01. The van der Waals surface area contributed by atoms with E-state index in [1.54, 1.807) is 6.07 Å². The summed E-state index contributed by atoms with van der Waals surface area (Å²) in [6.45, 7) is 3.78. The fourth-order valence-electron chi connectivity index (χ4n) is 3.48. The summed E-state index contributed by atoms with van der Waals surface area (Å²) in [7, 11) is 0. The first-order chi connectivity index (χ1) is 15.4. The quantitative estimate of drug-likeness (QED) is 0.439. The molecule has 0 radical (unpaired) electrons. The van der Waals surface area contributed by atoms with E-state index in [4.69, 9.17) is 9.84 Å². The second-order valence-corrected chi connectivity index (χ2v) is 9.76. The third kappa shape index (κ3) is 5.36. The fourth-order valence-corrected chi connectivity index (χ4v) is 5.48. The molecule has 1 atom stereocenters. The highest BCUT2D eigenvalue weighted by atomic mass is 32.2. The van der Waals surface area contributed by atoms with Crippen molar-refractivity contribution in [2.45, 2.75) is 50.2 Å². The lowest BCUT2D eigenvalue weighted by Gasteiger charge is -2.26. The van der Waals surface area contributed by atoms with Crippen molar-refractivity contribution >= 4 is 34.9 Å². The lowest BCUT2D eigenvalue weighted by molar-refractivity contribution is 0.0689. The SMILES string of the molecule is Cc1csc(SN(CC(C)F)c2cc3c(cc2OCc2ccc(C(=O)O)nn2)CCC3)n1. The predicted molar refractivity (Wildman–Crippen MR) is 122 cm³/mol. The van der Waals surface area contributed by atoms with Crippen molar-refractivity contribution in [2.75, 3.05) is 10.8 Å². The molecule has 1 aliphatic carbocycles. The molecule has 0 spiro atoms. The molecule has 0 bridgehead atoms. The first kappa shape index (κ1) is 22.5. The number of fused-ring (bicyclic) bond motifs is 1. The Bertz CT molecular complexity index is 1110. The molecule has 1 aliphatic rings. The van der Waals surface area contributed by atoms with Crippen molar-refractivity contribution < 1.29 is 19.0 Å². The number of rotatable bonds is 9. The van der Waals surface area contributed by atoms with Crippen molar-refractivity contribution in [3.8, 4) is 5.75 Å². The number of carboxylic acids is 1. The summed E-state index contributed by atoms with van der Waals surface area (Å²) in [6, 6.07) is 7.10. The van der Waals surface area contributed by atoms with E-state index in [-0.39, 0.29) is 18.8 Å². The molecule has 0 aliphatic heterocycles. The average Bonchev–Trinajstić information content (AvgIpc) is 3.39. The van der Waals surface area contributed by atoms with Crippen molar-refractivity contribution in [1.29, 1.82) is 0 Å². The topological polar surface area (TPSA) is 88.4 Å². The summed E-state index contributed by atoms with van der Waals surface area (Å²) in [5.41, 5.74) is 4.60. The lowest BCUT2D eigenvalue weighted by Crippen LogP contribution is -2.23. The molecule has 0 fully saturated rings. The van der Waals surface area contributed by atoms with Crippen LogP contribution in [0.25, 0.3) is 0 Å². The van der Waals surface area contributed by atoms with Crippen LogP contribution in [0.1, 0.15) is 46.3 Å². The molecule has 0 amide bonds. The number of alkyl halides is 1. The summed E-state index contributed by atoms with van der Waals surface area (Å²) < 4.78 is 23.0. The Morgan fingerprint density at radius 2 is 2.09 bits per heavy atom. The predicted octanol–water partition coefficient (Wildman–Crippen LogP) is 4.88.